The van der Waals surface area contributed by atoms with E-state index >= 15 is 0 Å². The fourth-order valence-corrected chi connectivity index (χ4v) is 1.76. The van der Waals surface area contributed by atoms with Gasteiger partial charge in [-0.3, -0.25) is 20.4 Å². The third-order valence-electron chi connectivity index (χ3n) is 2.70. The van der Waals surface area contributed by atoms with Crippen LogP contribution in [-0.4, -0.2) is 22.4 Å². The van der Waals surface area contributed by atoms with Crippen LogP contribution in [-0.2, 0) is 9.59 Å². The molecule has 2 rings (SSSR count). The van der Waals surface area contributed by atoms with Crippen molar-refractivity contribution in [1.29, 1.82) is 0 Å². The van der Waals surface area contributed by atoms with Crippen LogP contribution in [0.25, 0.3) is 5.69 Å². The van der Waals surface area contributed by atoms with Crippen molar-refractivity contribution < 1.29 is 19.5 Å². The third-order valence-corrected chi connectivity index (χ3v) is 2.70. The molecule has 22 heavy (non-hydrogen) atoms. The molecule has 0 aliphatic rings. The molecule has 1 aromatic heterocycles. The number of aromatic nitrogens is 1. The summed E-state index contributed by atoms with van der Waals surface area (Å²) in [4.78, 5) is 33.6. The molecular weight excluding hydrogens is 286 g/mol. The van der Waals surface area contributed by atoms with Crippen LogP contribution in [0.3, 0.4) is 0 Å². The zero-order valence-electron chi connectivity index (χ0n) is 11.4. The van der Waals surface area contributed by atoms with Gasteiger partial charge in [-0.25, -0.2) is 0 Å². The Morgan fingerprint density at radius 1 is 0.955 bits per heavy atom. The molecule has 1 heterocycles. The molecule has 0 unspecified atom stereocenters. The number of carbonyl (C=O) groups excluding carboxylic acids is 3. The molecule has 0 spiro atoms. The van der Waals surface area contributed by atoms with E-state index in [-0.39, 0.29) is 0 Å². The lowest BCUT2D eigenvalue weighted by atomic mass is 10.1. The van der Waals surface area contributed by atoms with Crippen LogP contribution in [0, 0.1) is 0 Å². The van der Waals surface area contributed by atoms with Gasteiger partial charge in [0.15, 0.2) is 0 Å². The topological polar surface area (TPSA) is 103 Å². The summed E-state index contributed by atoms with van der Waals surface area (Å²) in [6, 6.07) is 10.5. The number of nitrogens with one attached hydrogen (secondary N) is 2. The Morgan fingerprint density at radius 2 is 1.64 bits per heavy atom. The maximum Gasteiger partial charge on any atom is 0.271 e. The van der Waals surface area contributed by atoms with E-state index in [1.807, 2.05) is 12.1 Å². The van der Waals surface area contributed by atoms with Gasteiger partial charge in [0.05, 0.1) is 17.2 Å². The molecule has 0 aliphatic heterocycles. The third kappa shape index (κ3) is 3.83. The Balaban J connectivity index is 2.08. The smallest absolute Gasteiger partial charge is 0.271 e. The summed E-state index contributed by atoms with van der Waals surface area (Å²) < 4.78 is 1.76. The minimum atomic E-state index is -1.50. The number of benzene rings is 1. The quantitative estimate of drug-likeness (QED) is 0.589. The fraction of sp³-hybridized carbons (Fsp3) is 0. The van der Waals surface area contributed by atoms with Gasteiger partial charge in [0.1, 0.15) is 0 Å². The Morgan fingerprint density at radius 3 is 2.32 bits per heavy atom. The minimum Gasteiger partial charge on any atom is -0.545 e. The van der Waals surface area contributed by atoms with Crippen LogP contribution in [0.15, 0.2) is 60.9 Å². The van der Waals surface area contributed by atoms with Crippen molar-refractivity contribution in [2.45, 2.75) is 0 Å². The number of carboxylic acids is 1. The molecule has 112 valence electrons. The predicted molar refractivity (Wildman–Crippen MR) is 75.5 cm³/mol. The van der Waals surface area contributed by atoms with E-state index in [0.717, 1.165) is 6.08 Å². The summed E-state index contributed by atoms with van der Waals surface area (Å²) in [6.07, 6.45) is 4.88. The number of hydrogen-bond acceptors (Lipinski definition) is 4. The van der Waals surface area contributed by atoms with Gasteiger partial charge in [0, 0.05) is 18.5 Å². The van der Waals surface area contributed by atoms with Crippen LogP contribution >= 0.6 is 0 Å². The van der Waals surface area contributed by atoms with E-state index < -0.39 is 17.8 Å². The largest absolute Gasteiger partial charge is 0.545 e. The first-order chi connectivity index (χ1) is 10.6. The number of carbonyl (C=O) groups is 3. The predicted octanol–water partition coefficient (Wildman–Crippen LogP) is -0.456. The van der Waals surface area contributed by atoms with Gasteiger partial charge in [-0.05, 0) is 30.3 Å². The number of aliphatic carboxylic acids is 1. The molecule has 7 heteroatoms. The maximum absolute atomic E-state index is 12.1. The Hall–Kier alpha value is -3.35. The van der Waals surface area contributed by atoms with E-state index in [1.165, 1.54) is 0 Å². The number of carboxylic acid groups (broad SMARTS) is 1. The molecule has 0 saturated carbocycles. The second-order valence-corrected chi connectivity index (χ2v) is 4.20. The summed E-state index contributed by atoms with van der Waals surface area (Å²) >= 11 is 0. The van der Waals surface area contributed by atoms with Gasteiger partial charge < -0.3 is 14.5 Å². The van der Waals surface area contributed by atoms with Crippen LogP contribution < -0.4 is 16.0 Å². The van der Waals surface area contributed by atoms with Crippen molar-refractivity contribution in [3.63, 3.8) is 0 Å². The molecule has 0 fully saturated rings. The van der Waals surface area contributed by atoms with Gasteiger partial charge in [0.2, 0.25) is 0 Å². The second-order valence-electron chi connectivity index (χ2n) is 4.20. The standard InChI is InChI=1S/C15H13N3O4/c19-13(7-8-14(20)21)16-17-15(22)11-5-1-2-6-12(11)18-9-3-4-10-18/h1-10H,(H,16,19)(H,17,22)(H,20,21)/p-1/b8-7+. The Kier molecular flexibility index (Phi) is 4.71. The Labute approximate surface area is 125 Å². The van der Waals surface area contributed by atoms with Crippen LogP contribution in [0.4, 0.5) is 0 Å². The van der Waals surface area contributed by atoms with Crippen molar-refractivity contribution in [3.8, 4) is 5.69 Å². The van der Waals surface area contributed by atoms with Gasteiger partial charge >= 0.3 is 0 Å². The van der Waals surface area contributed by atoms with Crippen molar-refractivity contribution in [3.05, 3.63) is 66.5 Å². The number of amides is 2. The number of hydrazine groups is 1. The van der Waals surface area contributed by atoms with Crippen LogP contribution in [0.2, 0.25) is 0 Å². The highest BCUT2D eigenvalue weighted by molar-refractivity contribution is 6.00. The van der Waals surface area contributed by atoms with E-state index in [9.17, 15) is 19.5 Å². The maximum atomic E-state index is 12.1. The normalized spacial score (nSPS) is 10.4. The zero-order chi connectivity index (χ0) is 15.9. The number of hydrogen-bond donors (Lipinski definition) is 2. The zero-order valence-corrected chi connectivity index (χ0v) is 11.4. The molecule has 0 aliphatic carbocycles. The molecule has 1 aromatic carbocycles. The SMILES string of the molecule is O=C([O-])/C=C/C(=O)NNC(=O)c1ccccc1-n1cccc1. The van der Waals surface area contributed by atoms with E-state index in [2.05, 4.69) is 10.9 Å². The van der Waals surface area contributed by atoms with Crippen molar-refractivity contribution in [2.75, 3.05) is 0 Å². The molecule has 0 bridgehead atoms. The molecule has 2 amide bonds. The van der Waals surface area contributed by atoms with Crippen LogP contribution in [0.5, 0.6) is 0 Å². The summed E-state index contributed by atoms with van der Waals surface area (Å²) in [5.74, 6) is -2.81. The van der Waals surface area contributed by atoms with E-state index in [0.29, 0.717) is 17.3 Å². The van der Waals surface area contributed by atoms with Gasteiger partial charge in [0.25, 0.3) is 11.8 Å². The lowest BCUT2D eigenvalue weighted by molar-refractivity contribution is -0.297. The molecule has 0 atom stereocenters. The average Bonchev–Trinajstić information content (AvgIpc) is 3.04. The molecular formula is C15H12N3O4-. The fourth-order valence-electron chi connectivity index (χ4n) is 1.76. The van der Waals surface area contributed by atoms with E-state index in [1.54, 1.807) is 41.2 Å². The first-order valence-corrected chi connectivity index (χ1v) is 6.29. The molecule has 7 nitrogen and oxygen atoms in total. The lowest BCUT2D eigenvalue weighted by Gasteiger charge is -2.11. The summed E-state index contributed by atoms with van der Waals surface area (Å²) in [5.41, 5.74) is 5.28. The Bertz CT molecular complexity index is 720. The molecule has 0 saturated heterocycles. The minimum absolute atomic E-state index is 0.350. The number of nitrogens with zero attached hydrogens (tertiary/aromatic N) is 1. The van der Waals surface area contributed by atoms with Crippen molar-refractivity contribution in [2.24, 2.45) is 0 Å². The summed E-state index contributed by atoms with van der Waals surface area (Å²) in [7, 11) is 0. The van der Waals surface area contributed by atoms with Crippen molar-refractivity contribution >= 4 is 17.8 Å². The first-order valence-electron chi connectivity index (χ1n) is 6.29. The summed E-state index contributed by atoms with van der Waals surface area (Å²) in [5, 5.41) is 10.2. The second kappa shape index (κ2) is 6.89. The molecule has 0 radical (unpaired) electrons. The highest BCUT2D eigenvalue weighted by Gasteiger charge is 2.11. The summed E-state index contributed by atoms with van der Waals surface area (Å²) in [6.45, 7) is 0. The first kappa shape index (κ1) is 15.0. The monoisotopic (exact) mass is 298 g/mol. The average molecular weight is 298 g/mol. The number of para-hydroxylation sites is 1. The van der Waals surface area contributed by atoms with E-state index in [4.69, 9.17) is 0 Å². The van der Waals surface area contributed by atoms with Crippen molar-refractivity contribution in [1.82, 2.24) is 15.4 Å². The van der Waals surface area contributed by atoms with Gasteiger partial charge in [-0.15, -0.1) is 0 Å². The lowest BCUT2D eigenvalue weighted by Crippen LogP contribution is -2.41. The van der Waals surface area contributed by atoms with Crippen LogP contribution in [0.1, 0.15) is 10.4 Å². The number of rotatable bonds is 4. The highest BCUT2D eigenvalue weighted by atomic mass is 16.4. The highest BCUT2D eigenvalue weighted by Crippen LogP contribution is 2.14. The van der Waals surface area contributed by atoms with Gasteiger partial charge in [-0.2, -0.15) is 0 Å². The molecule has 2 N–H and O–H groups in total. The van der Waals surface area contributed by atoms with Gasteiger partial charge in [-0.1, -0.05) is 12.1 Å². The molecule has 2 aromatic rings.